The van der Waals surface area contributed by atoms with Gasteiger partial charge in [-0.25, -0.2) is 4.98 Å². The van der Waals surface area contributed by atoms with Crippen LogP contribution >= 0.6 is 0 Å². The van der Waals surface area contributed by atoms with Crippen molar-refractivity contribution in [2.75, 3.05) is 11.9 Å². The summed E-state index contributed by atoms with van der Waals surface area (Å²) in [6, 6.07) is 4.72. The first-order valence-electron chi connectivity index (χ1n) is 6.72. The van der Waals surface area contributed by atoms with E-state index in [1.807, 2.05) is 19.2 Å². The Balaban J connectivity index is 1.62. The number of nitrogens with one attached hydrogen (secondary N) is 1. The summed E-state index contributed by atoms with van der Waals surface area (Å²) >= 11 is 0. The highest BCUT2D eigenvalue weighted by atomic mass is 16.5. The van der Waals surface area contributed by atoms with Gasteiger partial charge in [-0.15, -0.1) is 0 Å². The van der Waals surface area contributed by atoms with E-state index in [-0.39, 0.29) is 0 Å². The van der Waals surface area contributed by atoms with Crippen molar-refractivity contribution in [3.05, 3.63) is 18.3 Å². The molecule has 1 heterocycles. The molecule has 0 unspecified atom stereocenters. The van der Waals surface area contributed by atoms with E-state index in [9.17, 15) is 0 Å². The maximum Gasteiger partial charge on any atom is 0.213 e. The summed E-state index contributed by atoms with van der Waals surface area (Å²) in [4.78, 5) is 4.30. The number of rotatable bonds is 6. The standard InChI is InChI=1S/C14H20N2O/c1-2-17-13-8-7-12(9-15-13)16-14(10-3-4-10)11-5-6-11/h7-11,14,16H,2-6H2,1H3. The van der Waals surface area contributed by atoms with Crippen molar-refractivity contribution in [3.63, 3.8) is 0 Å². The molecule has 92 valence electrons. The molecule has 2 aliphatic rings. The largest absolute Gasteiger partial charge is 0.478 e. The van der Waals surface area contributed by atoms with Crippen molar-refractivity contribution in [2.45, 2.75) is 38.6 Å². The minimum atomic E-state index is 0.673. The predicted octanol–water partition coefficient (Wildman–Crippen LogP) is 3.08. The first-order chi connectivity index (χ1) is 8.36. The molecule has 1 aromatic rings. The Hall–Kier alpha value is -1.25. The van der Waals surface area contributed by atoms with Crippen LogP contribution in [0.5, 0.6) is 5.88 Å². The topological polar surface area (TPSA) is 34.1 Å². The van der Waals surface area contributed by atoms with Gasteiger partial charge < -0.3 is 10.1 Å². The summed E-state index contributed by atoms with van der Waals surface area (Å²) in [6.45, 7) is 2.65. The number of aromatic nitrogens is 1. The summed E-state index contributed by atoms with van der Waals surface area (Å²) in [6.07, 6.45) is 7.50. The molecule has 0 aliphatic heterocycles. The Kier molecular flexibility index (Phi) is 2.91. The molecule has 0 aromatic carbocycles. The number of pyridine rings is 1. The van der Waals surface area contributed by atoms with Gasteiger partial charge >= 0.3 is 0 Å². The van der Waals surface area contributed by atoms with Crippen molar-refractivity contribution in [2.24, 2.45) is 11.8 Å². The number of hydrogen-bond acceptors (Lipinski definition) is 3. The molecular weight excluding hydrogens is 212 g/mol. The predicted molar refractivity (Wildman–Crippen MR) is 68.3 cm³/mol. The van der Waals surface area contributed by atoms with Crippen LogP contribution in [0.1, 0.15) is 32.6 Å². The van der Waals surface area contributed by atoms with Crippen LogP contribution in [0.2, 0.25) is 0 Å². The van der Waals surface area contributed by atoms with Crippen LogP contribution in [-0.4, -0.2) is 17.6 Å². The van der Waals surface area contributed by atoms with Crippen LogP contribution < -0.4 is 10.1 Å². The fourth-order valence-electron chi connectivity index (χ4n) is 2.42. The van der Waals surface area contributed by atoms with E-state index in [1.165, 1.54) is 25.7 Å². The van der Waals surface area contributed by atoms with Gasteiger partial charge in [-0.2, -0.15) is 0 Å². The maximum absolute atomic E-state index is 5.35. The molecule has 0 atom stereocenters. The second-order valence-electron chi connectivity index (χ2n) is 5.16. The molecule has 17 heavy (non-hydrogen) atoms. The summed E-state index contributed by atoms with van der Waals surface area (Å²) in [7, 11) is 0. The lowest BCUT2D eigenvalue weighted by atomic mass is 10.1. The van der Waals surface area contributed by atoms with E-state index in [0.717, 1.165) is 17.5 Å². The summed E-state index contributed by atoms with van der Waals surface area (Å²) in [5.74, 6) is 2.54. The van der Waals surface area contributed by atoms with Crippen LogP contribution in [0.25, 0.3) is 0 Å². The maximum atomic E-state index is 5.35. The Morgan fingerprint density at radius 1 is 1.29 bits per heavy atom. The lowest BCUT2D eigenvalue weighted by Crippen LogP contribution is -2.24. The number of nitrogens with zero attached hydrogens (tertiary/aromatic N) is 1. The van der Waals surface area contributed by atoms with E-state index in [1.54, 1.807) is 0 Å². The molecule has 2 aliphatic carbocycles. The van der Waals surface area contributed by atoms with Gasteiger partial charge in [0.25, 0.3) is 0 Å². The molecule has 3 heteroatoms. The number of hydrogen-bond donors (Lipinski definition) is 1. The fourth-order valence-corrected chi connectivity index (χ4v) is 2.42. The number of ether oxygens (including phenoxy) is 1. The van der Waals surface area contributed by atoms with Crippen molar-refractivity contribution in [1.82, 2.24) is 4.98 Å². The molecule has 0 spiro atoms. The van der Waals surface area contributed by atoms with Gasteiger partial charge in [0.15, 0.2) is 0 Å². The van der Waals surface area contributed by atoms with Gasteiger partial charge in [0.05, 0.1) is 18.5 Å². The van der Waals surface area contributed by atoms with Crippen LogP contribution in [0.4, 0.5) is 5.69 Å². The lowest BCUT2D eigenvalue weighted by molar-refractivity contribution is 0.327. The molecule has 2 fully saturated rings. The van der Waals surface area contributed by atoms with E-state index in [4.69, 9.17) is 4.74 Å². The minimum absolute atomic E-state index is 0.673. The molecular formula is C14H20N2O. The summed E-state index contributed by atoms with van der Waals surface area (Å²) < 4.78 is 5.35. The molecule has 1 N–H and O–H groups in total. The van der Waals surface area contributed by atoms with Gasteiger partial charge in [-0.1, -0.05) is 0 Å². The van der Waals surface area contributed by atoms with Crippen molar-refractivity contribution >= 4 is 5.69 Å². The molecule has 1 aromatic heterocycles. The monoisotopic (exact) mass is 232 g/mol. The van der Waals surface area contributed by atoms with Gasteiger partial charge in [-0.05, 0) is 50.5 Å². The zero-order chi connectivity index (χ0) is 11.7. The highest BCUT2D eigenvalue weighted by Gasteiger charge is 2.41. The second-order valence-corrected chi connectivity index (χ2v) is 5.16. The third-order valence-corrected chi connectivity index (χ3v) is 3.62. The van der Waals surface area contributed by atoms with Gasteiger partial charge in [0.1, 0.15) is 0 Å². The Labute approximate surface area is 103 Å². The molecule has 2 saturated carbocycles. The third kappa shape index (κ3) is 2.71. The molecule has 0 amide bonds. The average Bonchev–Trinajstić information content (AvgIpc) is 3.21. The lowest BCUT2D eigenvalue weighted by Gasteiger charge is -2.18. The normalized spacial score (nSPS) is 19.4. The molecule has 3 rings (SSSR count). The quantitative estimate of drug-likeness (QED) is 0.818. The van der Waals surface area contributed by atoms with E-state index < -0.39 is 0 Å². The van der Waals surface area contributed by atoms with Crippen molar-refractivity contribution in [3.8, 4) is 5.88 Å². The second kappa shape index (κ2) is 4.55. The SMILES string of the molecule is CCOc1ccc(NC(C2CC2)C2CC2)cn1. The molecule has 3 nitrogen and oxygen atoms in total. The minimum Gasteiger partial charge on any atom is -0.478 e. The van der Waals surface area contributed by atoms with Crippen LogP contribution in [0.3, 0.4) is 0 Å². The third-order valence-electron chi connectivity index (χ3n) is 3.62. The van der Waals surface area contributed by atoms with E-state index in [2.05, 4.69) is 16.4 Å². The average molecular weight is 232 g/mol. The zero-order valence-electron chi connectivity index (χ0n) is 10.4. The zero-order valence-corrected chi connectivity index (χ0v) is 10.4. The first kappa shape index (κ1) is 10.9. The summed E-state index contributed by atoms with van der Waals surface area (Å²) in [5.41, 5.74) is 1.14. The van der Waals surface area contributed by atoms with Crippen LogP contribution in [0, 0.1) is 11.8 Å². The molecule has 0 saturated heterocycles. The Morgan fingerprint density at radius 3 is 2.47 bits per heavy atom. The van der Waals surface area contributed by atoms with Gasteiger partial charge in [0.2, 0.25) is 5.88 Å². The van der Waals surface area contributed by atoms with Crippen LogP contribution in [0.15, 0.2) is 18.3 Å². The first-order valence-corrected chi connectivity index (χ1v) is 6.72. The smallest absolute Gasteiger partial charge is 0.213 e. The molecule has 0 radical (unpaired) electrons. The van der Waals surface area contributed by atoms with Crippen LogP contribution in [-0.2, 0) is 0 Å². The van der Waals surface area contributed by atoms with Gasteiger partial charge in [0, 0.05) is 12.1 Å². The van der Waals surface area contributed by atoms with E-state index >= 15 is 0 Å². The van der Waals surface area contributed by atoms with Crippen molar-refractivity contribution in [1.29, 1.82) is 0 Å². The molecule has 0 bridgehead atoms. The highest BCUT2D eigenvalue weighted by molar-refractivity contribution is 5.44. The Morgan fingerprint density at radius 2 is 2.00 bits per heavy atom. The highest BCUT2D eigenvalue weighted by Crippen LogP contribution is 2.45. The fraction of sp³-hybridized carbons (Fsp3) is 0.643. The van der Waals surface area contributed by atoms with Crippen molar-refractivity contribution < 1.29 is 4.74 Å². The Bertz CT molecular complexity index is 356. The van der Waals surface area contributed by atoms with E-state index in [0.29, 0.717) is 18.5 Å². The van der Waals surface area contributed by atoms with Gasteiger partial charge in [-0.3, -0.25) is 0 Å². The summed E-state index contributed by atoms with van der Waals surface area (Å²) in [5, 5.41) is 3.65. The number of anilines is 1.